The van der Waals surface area contributed by atoms with E-state index in [9.17, 15) is 14.3 Å². The summed E-state index contributed by atoms with van der Waals surface area (Å²) in [5, 5.41) is 10.0. The van der Waals surface area contributed by atoms with Crippen molar-refractivity contribution in [1.82, 2.24) is 0 Å². The Morgan fingerprint density at radius 2 is 2.05 bits per heavy atom. The maximum Gasteiger partial charge on any atom is 0.330 e. The van der Waals surface area contributed by atoms with Gasteiger partial charge in [-0.25, -0.2) is 9.18 Å². The highest BCUT2D eigenvalue weighted by Crippen LogP contribution is 2.28. The number of hydrogen-bond donors (Lipinski definition) is 1. The Morgan fingerprint density at radius 3 is 2.68 bits per heavy atom. The first-order chi connectivity index (χ1) is 9.13. The molecule has 1 heterocycles. The third-order valence-corrected chi connectivity index (χ3v) is 3.02. The predicted octanol–water partition coefficient (Wildman–Crippen LogP) is 1.55. The third kappa shape index (κ3) is 3.00. The molecule has 1 N–H and O–H groups in total. The highest BCUT2D eigenvalue weighted by Gasteiger charge is 2.38. The summed E-state index contributed by atoms with van der Waals surface area (Å²) in [7, 11) is 1.41. The molecule has 1 aliphatic heterocycles. The summed E-state index contributed by atoms with van der Waals surface area (Å²) in [5.41, 5.74) is 0.329. The summed E-state index contributed by atoms with van der Waals surface area (Å²) in [6.45, 7) is 0. The maximum absolute atomic E-state index is 14.2. The topological polar surface area (TPSA) is 55.8 Å². The fraction of sp³-hybridized carbons (Fsp3) is 0.357. The predicted molar refractivity (Wildman–Crippen MR) is 66.1 cm³/mol. The highest BCUT2D eigenvalue weighted by atomic mass is 19.1. The Bertz CT molecular complexity index is 460. The number of alkyl halides is 1. The van der Waals surface area contributed by atoms with Crippen LogP contribution >= 0.6 is 0 Å². The lowest BCUT2D eigenvalue weighted by molar-refractivity contribution is -0.165. The van der Waals surface area contributed by atoms with E-state index >= 15 is 0 Å². The number of ether oxygens (including phenoxy) is 2. The Hall–Kier alpha value is -1.72. The standard InChI is InChI=1S/C14H15FO4/c1-18-10-7-8-11(16)19-14(10)13(17)12(15)9-5-3-2-4-6-9/h2-8,10,12-14,17H,1H3/t10?,12-,13+,14-/m1/s1. The van der Waals surface area contributed by atoms with Gasteiger partial charge in [0.1, 0.15) is 12.2 Å². The van der Waals surface area contributed by atoms with Crippen LogP contribution < -0.4 is 0 Å². The van der Waals surface area contributed by atoms with Crippen molar-refractivity contribution in [1.29, 1.82) is 0 Å². The highest BCUT2D eigenvalue weighted by molar-refractivity contribution is 5.83. The zero-order valence-corrected chi connectivity index (χ0v) is 10.4. The molecular weight excluding hydrogens is 251 g/mol. The number of benzene rings is 1. The number of cyclic esters (lactones) is 1. The monoisotopic (exact) mass is 266 g/mol. The minimum atomic E-state index is -1.65. The van der Waals surface area contributed by atoms with Crippen LogP contribution in [-0.4, -0.2) is 36.5 Å². The Labute approximate surface area is 110 Å². The molecule has 5 heteroatoms. The quantitative estimate of drug-likeness (QED) is 0.840. The summed E-state index contributed by atoms with van der Waals surface area (Å²) < 4.78 is 24.3. The van der Waals surface area contributed by atoms with Crippen LogP contribution in [-0.2, 0) is 14.3 Å². The van der Waals surface area contributed by atoms with Gasteiger partial charge in [-0.1, -0.05) is 30.3 Å². The molecule has 0 fully saturated rings. The molecule has 0 saturated carbocycles. The molecule has 0 aliphatic carbocycles. The number of aliphatic hydroxyl groups excluding tert-OH is 1. The average molecular weight is 266 g/mol. The van der Waals surface area contributed by atoms with E-state index in [-0.39, 0.29) is 0 Å². The van der Waals surface area contributed by atoms with Crippen molar-refractivity contribution in [2.45, 2.75) is 24.5 Å². The van der Waals surface area contributed by atoms with Crippen LogP contribution in [0, 0.1) is 0 Å². The number of esters is 1. The Balaban J connectivity index is 2.16. The van der Waals surface area contributed by atoms with Gasteiger partial charge in [-0.15, -0.1) is 0 Å². The molecule has 0 radical (unpaired) electrons. The number of carbonyl (C=O) groups is 1. The molecule has 1 aromatic rings. The van der Waals surface area contributed by atoms with Crippen LogP contribution in [0.3, 0.4) is 0 Å². The van der Waals surface area contributed by atoms with Gasteiger partial charge in [0.05, 0.1) is 0 Å². The minimum Gasteiger partial charge on any atom is -0.453 e. The number of rotatable bonds is 4. The van der Waals surface area contributed by atoms with E-state index in [2.05, 4.69) is 0 Å². The molecule has 0 saturated heterocycles. The molecule has 102 valence electrons. The van der Waals surface area contributed by atoms with E-state index in [1.54, 1.807) is 30.3 Å². The van der Waals surface area contributed by atoms with Gasteiger partial charge in [-0.3, -0.25) is 0 Å². The molecule has 0 amide bonds. The van der Waals surface area contributed by atoms with E-state index in [0.717, 1.165) is 0 Å². The zero-order chi connectivity index (χ0) is 13.8. The molecule has 1 aromatic carbocycles. The van der Waals surface area contributed by atoms with Gasteiger partial charge in [0.2, 0.25) is 0 Å². The number of methoxy groups -OCH3 is 1. The van der Waals surface area contributed by atoms with E-state index in [4.69, 9.17) is 9.47 Å². The van der Waals surface area contributed by atoms with Crippen LogP contribution in [0.5, 0.6) is 0 Å². The Kier molecular flexibility index (Phi) is 4.29. The summed E-state index contributed by atoms with van der Waals surface area (Å²) in [6, 6.07) is 8.24. The summed E-state index contributed by atoms with van der Waals surface area (Å²) in [4.78, 5) is 11.2. The molecule has 4 atom stereocenters. The fourth-order valence-electron chi connectivity index (χ4n) is 2.00. The first-order valence-electron chi connectivity index (χ1n) is 5.92. The molecule has 1 unspecified atom stereocenters. The average Bonchev–Trinajstić information content (AvgIpc) is 2.46. The molecule has 0 spiro atoms. The number of carbonyl (C=O) groups excluding carboxylic acids is 1. The minimum absolute atomic E-state index is 0.329. The van der Waals surface area contributed by atoms with Crippen molar-refractivity contribution in [2.75, 3.05) is 7.11 Å². The zero-order valence-electron chi connectivity index (χ0n) is 10.4. The van der Waals surface area contributed by atoms with Gasteiger partial charge in [0.15, 0.2) is 12.3 Å². The van der Waals surface area contributed by atoms with Crippen LogP contribution in [0.4, 0.5) is 4.39 Å². The molecular formula is C14H15FO4. The smallest absolute Gasteiger partial charge is 0.330 e. The van der Waals surface area contributed by atoms with Gasteiger partial charge in [-0.05, 0) is 11.6 Å². The van der Waals surface area contributed by atoms with Gasteiger partial charge in [0, 0.05) is 13.2 Å². The lowest BCUT2D eigenvalue weighted by Gasteiger charge is -2.31. The molecule has 0 bridgehead atoms. The van der Waals surface area contributed by atoms with Crippen LogP contribution in [0.2, 0.25) is 0 Å². The Morgan fingerprint density at radius 1 is 1.37 bits per heavy atom. The first kappa shape index (κ1) is 13.7. The van der Waals surface area contributed by atoms with Gasteiger partial charge < -0.3 is 14.6 Å². The second-order valence-electron chi connectivity index (χ2n) is 4.26. The van der Waals surface area contributed by atoms with E-state index < -0.39 is 30.5 Å². The number of halogens is 1. The maximum atomic E-state index is 14.2. The largest absolute Gasteiger partial charge is 0.453 e. The molecule has 19 heavy (non-hydrogen) atoms. The van der Waals surface area contributed by atoms with Gasteiger partial charge in [-0.2, -0.15) is 0 Å². The lowest BCUT2D eigenvalue weighted by atomic mass is 9.97. The van der Waals surface area contributed by atoms with E-state index in [1.165, 1.54) is 19.3 Å². The lowest BCUT2D eigenvalue weighted by Crippen LogP contribution is -2.45. The molecule has 0 aromatic heterocycles. The fourth-order valence-corrected chi connectivity index (χ4v) is 2.00. The van der Waals surface area contributed by atoms with Gasteiger partial charge in [0.25, 0.3) is 0 Å². The normalized spacial score (nSPS) is 25.7. The van der Waals surface area contributed by atoms with Gasteiger partial charge >= 0.3 is 5.97 Å². The van der Waals surface area contributed by atoms with Crippen LogP contribution in [0.15, 0.2) is 42.5 Å². The SMILES string of the molecule is COC1C=CC(=O)O[C@H]1[C@@H](O)[C@H](F)c1ccccc1. The van der Waals surface area contributed by atoms with E-state index in [0.29, 0.717) is 5.56 Å². The van der Waals surface area contributed by atoms with Crippen molar-refractivity contribution in [3.63, 3.8) is 0 Å². The third-order valence-electron chi connectivity index (χ3n) is 3.02. The molecule has 1 aliphatic rings. The van der Waals surface area contributed by atoms with Crippen LogP contribution in [0.25, 0.3) is 0 Å². The molecule has 2 rings (SSSR count). The van der Waals surface area contributed by atoms with Crippen molar-refractivity contribution >= 4 is 5.97 Å². The summed E-state index contributed by atoms with van der Waals surface area (Å²) >= 11 is 0. The van der Waals surface area contributed by atoms with E-state index in [1.807, 2.05) is 0 Å². The van der Waals surface area contributed by atoms with Crippen LogP contribution in [0.1, 0.15) is 11.7 Å². The summed E-state index contributed by atoms with van der Waals surface area (Å²) in [5.74, 6) is -0.613. The van der Waals surface area contributed by atoms with Crippen molar-refractivity contribution in [3.05, 3.63) is 48.0 Å². The second-order valence-corrected chi connectivity index (χ2v) is 4.26. The summed E-state index contributed by atoms with van der Waals surface area (Å²) in [6.07, 6.45) is -2.19. The number of hydrogen-bond acceptors (Lipinski definition) is 4. The van der Waals surface area contributed by atoms with Crippen molar-refractivity contribution in [2.24, 2.45) is 0 Å². The molecule has 4 nitrogen and oxygen atoms in total. The van der Waals surface area contributed by atoms with Crippen molar-refractivity contribution < 1.29 is 23.8 Å². The first-order valence-corrected chi connectivity index (χ1v) is 5.92. The van der Waals surface area contributed by atoms with Crippen molar-refractivity contribution in [3.8, 4) is 0 Å². The second kappa shape index (κ2) is 5.95. The number of aliphatic hydroxyl groups is 1.